The summed E-state index contributed by atoms with van der Waals surface area (Å²) < 4.78 is 0. The second-order valence-corrected chi connectivity index (χ2v) is 4.27. The summed E-state index contributed by atoms with van der Waals surface area (Å²) in [6.07, 6.45) is 2.62. The molecule has 2 heteroatoms. The van der Waals surface area contributed by atoms with Crippen molar-refractivity contribution in [1.29, 1.82) is 0 Å². The van der Waals surface area contributed by atoms with Gasteiger partial charge in [0.15, 0.2) is 0 Å². The van der Waals surface area contributed by atoms with E-state index in [9.17, 15) is 0 Å². The topological polar surface area (TPSA) is 29.3 Å². The third-order valence-electron chi connectivity index (χ3n) is 3.03. The first-order chi connectivity index (χ1) is 7.75. The van der Waals surface area contributed by atoms with E-state index < -0.39 is 0 Å². The molecule has 1 saturated heterocycles. The van der Waals surface area contributed by atoms with Crippen LogP contribution in [0, 0.1) is 0 Å². The van der Waals surface area contributed by atoms with Gasteiger partial charge in [-0.1, -0.05) is 26.0 Å². The number of rotatable bonds is 1. The standard InChI is InChI=1S/C12H18N2.C2H6/c1-14-8-2-3-11(9-14)10-4-6-12(13)7-5-10;1-2/h4-7,11H,2-3,8-9,13H2,1H3;1-2H3. The quantitative estimate of drug-likeness (QED) is 0.737. The van der Waals surface area contributed by atoms with Crippen molar-refractivity contribution in [1.82, 2.24) is 4.90 Å². The fraction of sp³-hybridized carbons (Fsp3) is 0.571. The first-order valence-electron chi connectivity index (χ1n) is 6.29. The van der Waals surface area contributed by atoms with Crippen molar-refractivity contribution in [2.24, 2.45) is 0 Å². The Morgan fingerprint density at radius 3 is 2.38 bits per heavy atom. The summed E-state index contributed by atoms with van der Waals surface area (Å²) in [6.45, 7) is 6.43. The zero-order valence-electron chi connectivity index (χ0n) is 10.7. The molecular formula is C14H24N2. The van der Waals surface area contributed by atoms with Gasteiger partial charge in [-0.2, -0.15) is 0 Å². The van der Waals surface area contributed by atoms with Crippen LogP contribution in [0.15, 0.2) is 24.3 Å². The van der Waals surface area contributed by atoms with Crippen molar-refractivity contribution >= 4 is 5.69 Å². The molecule has 0 aromatic heterocycles. The summed E-state index contributed by atoms with van der Waals surface area (Å²) in [7, 11) is 2.20. The highest BCUT2D eigenvalue weighted by atomic mass is 15.1. The second-order valence-electron chi connectivity index (χ2n) is 4.27. The molecule has 2 N–H and O–H groups in total. The van der Waals surface area contributed by atoms with Crippen molar-refractivity contribution in [2.75, 3.05) is 25.9 Å². The second kappa shape index (κ2) is 6.54. The van der Waals surface area contributed by atoms with E-state index in [0.29, 0.717) is 5.92 Å². The minimum absolute atomic E-state index is 0.703. The first-order valence-corrected chi connectivity index (χ1v) is 6.29. The molecule has 1 aliphatic rings. The molecule has 16 heavy (non-hydrogen) atoms. The van der Waals surface area contributed by atoms with Crippen LogP contribution in [-0.4, -0.2) is 25.0 Å². The van der Waals surface area contributed by atoms with Crippen LogP contribution in [0.25, 0.3) is 0 Å². The Labute approximate surface area is 99.5 Å². The van der Waals surface area contributed by atoms with Gasteiger partial charge in [0.2, 0.25) is 0 Å². The smallest absolute Gasteiger partial charge is 0.0314 e. The van der Waals surface area contributed by atoms with E-state index in [-0.39, 0.29) is 0 Å². The van der Waals surface area contributed by atoms with Crippen LogP contribution in [0.5, 0.6) is 0 Å². The minimum Gasteiger partial charge on any atom is -0.399 e. The van der Waals surface area contributed by atoms with Crippen LogP contribution in [-0.2, 0) is 0 Å². The summed E-state index contributed by atoms with van der Waals surface area (Å²) in [4.78, 5) is 2.41. The van der Waals surface area contributed by atoms with Crippen LogP contribution in [0.1, 0.15) is 38.2 Å². The largest absolute Gasteiger partial charge is 0.399 e. The highest BCUT2D eigenvalue weighted by Gasteiger charge is 2.18. The normalized spacial score (nSPS) is 21.1. The molecule has 0 bridgehead atoms. The number of hydrogen-bond donors (Lipinski definition) is 1. The average Bonchev–Trinajstić information content (AvgIpc) is 2.32. The van der Waals surface area contributed by atoms with Gasteiger partial charge in [0.25, 0.3) is 0 Å². The Morgan fingerprint density at radius 1 is 1.19 bits per heavy atom. The summed E-state index contributed by atoms with van der Waals surface area (Å²) in [5.41, 5.74) is 7.97. The number of hydrogen-bond acceptors (Lipinski definition) is 2. The molecule has 0 radical (unpaired) electrons. The summed E-state index contributed by atoms with van der Waals surface area (Å²) >= 11 is 0. The van der Waals surface area contributed by atoms with Crippen molar-refractivity contribution in [3.63, 3.8) is 0 Å². The lowest BCUT2D eigenvalue weighted by Crippen LogP contribution is -2.30. The number of benzene rings is 1. The molecule has 1 heterocycles. The fourth-order valence-corrected chi connectivity index (χ4v) is 2.21. The number of piperidine rings is 1. The van der Waals surface area contributed by atoms with E-state index in [1.54, 1.807) is 0 Å². The van der Waals surface area contributed by atoms with Gasteiger partial charge in [0.1, 0.15) is 0 Å². The number of likely N-dealkylation sites (N-methyl/N-ethyl adjacent to an activating group) is 1. The van der Waals surface area contributed by atoms with Gasteiger partial charge in [-0.3, -0.25) is 0 Å². The predicted molar refractivity (Wildman–Crippen MR) is 71.7 cm³/mol. The highest BCUT2D eigenvalue weighted by molar-refractivity contribution is 5.40. The molecule has 0 spiro atoms. The molecule has 0 aliphatic carbocycles. The maximum absolute atomic E-state index is 5.67. The van der Waals surface area contributed by atoms with Gasteiger partial charge in [-0.25, -0.2) is 0 Å². The molecule has 0 saturated carbocycles. The number of nitrogens with two attached hydrogens (primary N) is 1. The number of nitrogens with zero attached hydrogens (tertiary/aromatic N) is 1. The predicted octanol–water partition coefficient (Wildman–Crippen LogP) is 3.10. The molecule has 1 aliphatic heterocycles. The lowest BCUT2D eigenvalue weighted by atomic mass is 9.91. The van der Waals surface area contributed by atoms with Gasteiger partial charge in [-0.15, -0.1) is 0 Å². The molecule has 1 atom stereocenters. The number of likely N-dealkylation sites (tertiary alicyclic amines) is 1. The van der Waals surface area contributed by atoms with Gasteiger partial charge in [-0.05, 0) is 50.0 Å². The Bertz CT molecular complexity index is 292. The molecule has 1 fully saturated rings. The van der Waals surface area contributed by atoms with E-state index in [1.165, 1.54) is 31.5 Å². The number of nitrogen functional groups attached to an aromatic ring is 1. The van der Waals surface area contributed by atoms with E-state index in [1.807, 2.05) is 26.0 Å². The van der Waals surface area contributed by atoms with Crippen molar-refractivity contribution in [3.05, 3.63) is 29.8 Å². The van der Waals surface area contributed by atoms with Gasteiger partial charge in [0, 0.05) is 12.2 Å². The third-order valence-corrected chi connectivity index (χ3v) is 3.03. The molecular weight excluding hydrogens is 196 g/mol. The van der Waals surface area contributed by atoms with Gasteiger partial charge in [0.05, 0.1) is 0 Å². The summed E-state index contributed by atoms with van der Waals surface area (Å²) in [6, 6.07) is 8.34. The van der Waals surface area contributed by atoms with Crippen LogP contribution in [0.4, 0.5) is 5.69 Å². The first kappa shape index (κ1) is 13.0. The van der Waals surface area contributed by atoms with E-state index >= 15 is 0 Å². The lowest BCUT2D eigenvalue weighted by molar-refractivity contribution is 0.251. The van der Waals surface area contributed by atoms with Crippen molar-refractivity contribution in [2.45, 2.75) is 32.6 Å². The molecule has 1 aromatic carbocycles. The Balaban J connectivity index is 0.000000606. The van der Waals surface area contributed by atoms with Gasteiger partial charge < -0.3 is 10.6 Å². The van der Waals surface area contributed by atoms with Crippen LogP contribution >= 0.6 is 0 Å². The van der Waals surface area contributed by atoms with Crippen LogP contribution < -0.4 is 5.73 Å². The average molecular weight is 220 g/mol. The van der Waals surface area contributed by atoms with Crippen molar-refractivity contribution < 1.29 is 0 Å². The SMILES string of the molecule is CC.CN1CCCC(c2ccc(N)cc2)C1. The maximum Gasteiger partial charge on any atom is 0.0314 e. The van der Waals surface area contributed by atoms with Crippen molar-refractivity contribution in [3.8, 4) is 0 Å². The molecule has 90 valence electrons. The highest BCUT2D eigenvalue weighted by Crippen LogP contribution is 2.26. The molecule has 1 aromatic rings. The third kappa shape index (κ3) is 3.53. The Kier molecular flexibility index (Phi) is 5.33. The minimum atomic E-state index is 0.703. The van der Waals surface area contributed by atoms with Gasteiger partial charge >= 0.3 is 0 Å². The summed E-state index contributed by atoms with van der Waals surface area (Å²) in [5.74, 6) is 0.703. The molecule has 1 unspecified atom stereocenters. The Morgan fingerprint density at radius 2 is 1.81 bits per heavy atom. The lowest BCUT2D eigenvalue weighted by Gasteiger charge is -2.29. The fourth-order valence-electron chi connectivity index (χ4n) is 2.21. The molecule has 0 amide bonds. The van der Waals surface area contributed by atoms with Crippen LogP contribution in [0.2, 0.25) is 0 Å². The zero-order chi connectivity index (χ0) is 12.0. The number of anilines is 1. The van der Waals surface area contributed by atoms with E-state index in [2.05, 4.69) is 24.1 Å². The van der Waals surface area contributed by atoms with Crippen LogP contribution in [0.3, 0.4) is 0 Å². The maximum atomic E-state index is 5.67. The molecule has 2 nitrogen and oxygen atoms in total. The van der Waals surface area contributed by atoms with E-state index in [4.69, 9.17) is 5.73 Å². The van der Waals surface area contributed by atoms with E-state index in [0.717, 1.165) is 5.69 Å². The molecule has 2 rings (SSSR count). The monoisotopic (exact) mass is 220 g/mol. The Hall–Kier alpha value is -1.02. The zero-order valence-corrected chi connectivity index (χ0v) is 10.7. The summed E-state index contributed by atoms with van der Waals surface area (Å²) in [5, 5.41) is 0.